The van der Waals surface area contributed by atoms with Crippen LogP contribution in [0.4, 0.5) is 0 Å². The fourth-order valence-electron chi connectivity index (χ4n) is 2.94. The Bertz CT molecular complexity index is 958. The van der Waals surface area contributed by atoms with E-state index < -0.39 is 21.8 Å². The first-order valence-electron chi connectivity index (χ1n) is 7.31. The van der Waals surface area contributed by atoms with Gasteiger partial charge < -0.3 is 9.73 Å². The van der Waals surface area contributed by atoms with Gasteiger partial charge in [-0.05, 0) is 37.5 Å². The molecule has 2 aromatic rings. The highest BCUT2D eigenvalue weighted by molar-refractivity contribution is 7.91. The second kappa shape index (κ2) is 5.49. The van der Waals surface area contributed by atoms with Gasteiger partial charge in [-0.2, -0.15) is 0 Å². The van der Waals surface area contributed by atoms with Crippen LogP contribution in [-0.4, -0.2) is 31.9 Å². The lowest BCUT2D eigenvalue weighted by Gasteiger charge is -2.11. The van der Waals surface area contributed by atoms with E-state index in [1.165, 1.54) is 0 Å². The molecule has 1 aromatic heterocycles. The third-order valence-electron chi connectivity index (χ3n) is 3.96. The summed E-state index contributed by atoms with van der Waals surface area (Å²) in [6.07, 6.45) is 0.379. The van der Waals surface area contributed by atoms with Crippen LogP contribution in [0.25, 0.3) is 11.0 Å². The number of benzene rings is 1. The number of amides is 1. The molecule has 0 bridgehead atoms. The summed E-state index contributed by atoms with van der Waals surface area (Å²) in [5.41, 5.74) is 1.80. The predicted molar refractivity (Wildman–Crippen MR) is 86.5 cm³/mol. The topological polar surface area (TPSA) is 93.5 Å². The Morgan fingerprint density at radius 3 is 2.65 bits per heavy atom. The number of rotatable bonds is 2. The third-order valence-corrected chi connectivity index (χ3v) is 5.73. The maximum atomic E-state index is 12.2. The molecule has 23 heavy (non-hydrogen) atoms. The molecule has 1 fully saturated rings. The van der Waals surface area contributed by atoms with E-state index in [-0.39, 0.29) is 22.7 Å². The molecule has 3 rings (SSSR count). The van der Waals surface area contributed by atoms with Gasteiger partial charge in [-0.25, -0.2) is 8.42 Å². The van der Waals surface area contributed by atoms with Crippen LogP contribution < -0.4 is 10.7 Å². The number of sulfone groups is 1. The van der Waals surface area contributed by atoms with Crippen molar-refractivity contribution in [3.05, 3.63) is 45.3 Å². The Morgan fingerprint density at radius 2 is 2.00 bits per heavy atom. The van der Waals surface area contributed by atoms with Gasteiger partial charge in [0.25, 0.3) is 5.91 Å². The lowest BCUT2D eigenvalue weighted by Crippen LogP contribution is -2.35. The summed E-state index contributed by atoms with van der Waals surface area (Å²) in [5.74, 6) is -0.672. The van der Waals surface area contributed by atoms with Crippen molar-refractivity contribution >= 4 is 26.7 Å². The van der Waals surface area contributed by atoms with Crippen LogP contribution in [0.15, 0.2) is 27.4 Å². The van der Waals surface area contributed by atoms with Gasteiger partial charge >= 0.3 is 0 Å². The van der Waals surface area contributed by atoms with Gasteiger partial charge in [0, 0.05) is 12.1 Å². The summed E-state index contributed by atoms with van der Waals surface area (Å²) < 4.78 is 28.4. The van der Waals surface area contributed by atoms with Crippen LogP contribution in [0, 0.1) is 13.8 Å². The lowest BCUT2D eigenvalue weighted by atomic mass is 10.1. The maximum absolute atomic E-state index is 12.2. The normalized spacial score (nSPS) is 19.8. The second-order valence-corrected chi connectivity index (χ2v) is 8.23. The maximum Gasteiger partial charge on any atom is 0.287 e. The lowest BCUT2D eigenvalue weighted by molar-refractivity contribution is 0.0913. The highest BCUT2D eigenvalue weighted by Gasteiger charge is 2.29. The monoisotopic (exact) mass is 335 g/mol. The van der Waals surface area contributed by atoms with Crippen molar-refractivity contribution in [3.8, 4) is 0 Å². The van der Waals surface area contributed by atoms with Gasteiger partial charge in [0.2, 0.25) is 0 Å². The summed E-state index contributed by atoms with van der Waals surface area (Å²) in [6, 6.07) is 4.31. The Hall–Kier alpha value is -2.15. The van der Waals surface area contributed by atoms with Crippen LogP contribution in [0.2, 0.25) is 0 Å². The average molecular weight is 335 g/mol. The molecule has 1 atom stereocenters. The molecular formula is C16H17NO5S. The molecule has 1 saturated heterocycles. The quantitative estimate of drug-likeness (QED) is 0.893. The van der Waals surface area contributed by atoms with E-state index >= 15 is 0 Å². The van der Waals surface area contributed by atoms with E-state index in [9.17, 15) is 18.0 Å². The second-order valence-electron chi connectivity index (χ2n) is 6.00. The zero-order valence-electron chi connectivity index (χ0n) is 12.9. The SMILES string of the molecule is Cc1cc(C)c2c(=O)cc(C(=O)N[C@H]3CCS(=O)(=O)C3)oc2c1. The summed E-state index contributed by atoms with van der Waals surface area (Å²) in [7, 11) is -3.08. The Morgan fingerprint density at radius 1 is 1.26 bits per heavy atom. The van der Waals surface area contributed by atoms with E-state index in [4.69, 9.17) is 4.42 Å². The molecule has 6 nitrogen and oxygen atoms in total. The molecule has 0 radical (unpaired) electrons. The standard InChI is InChI=1S/C16H17NO5S/c1-9-5-10(2)15-12(18)7-14(22-13(15)6-9)16(19)17-11-3-4-23(20,21)8-11/h5-7,11H,3-4,8H2,1-2H3,(H,17,19)/t11-/m0/s1. The number of carbonyl (C=O) groups excluding carboxylic acids is 1. The van der Waals surface area contributed by atoms with Crippen molar-refractivity contribution in [2.45, 2.75) is 26.3 Å². The minimum Gasteiger partial charge on any atom is -0.451 e. The largest absolute Gasteiger partial charge is 0.451 e. The van der Waals surface area contributed by atoms with Crippen molar-refractivity contribution in [2.75, 3.05) is 11.5 Å². The molecule has 0 aliphatic carbocycles. The van der Waals surface area contributed by atoms with Crippen LogP contribution in [-0.2, 0) is 9.84 Å². The number of fused-ring (bicyclic) bond motifs is 1. The van der Waals surface area contributed by atoms with E-state index in [2.05, 4.69) is 5.32 Å². The molecule has 1 N–H and O–H groups in total. The van der Waals surface area contributed by atoms with E-state index in [1.54, 1.807) is 6.07 Å². The number of aryl methyl sites for hydroxylation is 2. The minimum absolute atomic E-state index is 0.0675. The summed E-state index contributed by atoms with van der Waals surface area (Å²) >= 11 is 0. The molecule has 0 saturated carbocycles. The summed E-state index contributed by atoms with van der Waals surface area (Å²) in [6.45, 7) is 3.69. The summed E-state index contributed by atoms with van der Waals surface area (Å²) in [4.78, 5) is 24.5. The Kier molecular flexibility index (Phi) is 3.75. The molecule has 1 aliphatic heterocycles. The third kappa shape index (κ3) is 3.14. The van der Waals surface area contributed by atoms with Crippen LogP contribution >= 0.6 is 0 Å². The first-order chi connectivity index (χ1) is 10.7. The van der Waals surface area contributed by atoms with Gasteiger partial charge in [-0.1, -0.05) is 6.07 Å². The number of carbonyl (C=O) groups is 1. The summed E-state index contributed by atoms with van der Waals surface area (Å²) in [5, 5.41) is 3.08. The molecule has 122 valence electrons. The number of hydrogen-bond acceptors (Lipinski definition) is 5. The van der Waals surface area contributed by atoms with Crippen LogP contribution in [0.5, 0.6) is 0 Å². The predicted octanol–water partition coefficient (Wildman–Crippen LogP) is 1.33. The zero-order valence-corrected chi connectivity index (χ0v) is 13.7. The van der Waals surface area contributed by atoms with E-state index in [0.717, 1.165) is 17.2 Å². The molecule has 0 spiro atoms. The van der Waals surface area contributed by atoms with Gasteiger partial charge in [-0.3, -0.25) is 9.59 Å². The fourth-order valence-corrected chi connectivity index (χ4v) is 4.61. The molecule has 2 heterocycles. The van der Waals surface area contributed by atoms with Crippen molar-refractivity contribution in [3.63, 3.8) is 0 Å². The van der Waals surface area contributed by atoms with Crippen LogP contribution in [0.3, 0.4) is 0 Å². The van der Waals surface area contributed by atoms with E-state index in [0.29, 0.717) is 17.4 Å². The average Bonchev–Trinajstić information content (AvgIpc) is 2.76. The molecule has 1 aliphatic rings. The number of nitrogens with one attached hydrogen (secondary N) is 1. The van der Waals surface area contributed by atoms with Crippen molar-refractivity contribution in [1.82, 2.24) is 5.32 Å². The van der Waals surface area contributed by atoms with Gasteiger partial charge in [-0.15, -0.1) is 0 Å². The molecule has 7 heteroatoms. The zero-order chi connectivity index (χ0) is 16.8. The number of hydrogen-bond donors (Lipinski definition) is 1. The van der Waals surface area contributed by atoms with Crippen LogP contribution in [0.1, 0.15) is 28.1 Å². The smallest absolute Gasteiger partial charge is 0.287 e. The highest BCUT2D eigenvalue weighted by Crippen LogP contribution is 2.19. The highest BCUT2D eigenvalue weighted by atomic mass is 32.2. The Balaban J connectivity index is 1.94. The first kappa shape index (κ1) is 15.7. The molecule has 1 aromatic carbocycles. The van der Waals surface area contributed by atoms with E-state index in [1.807, 2.05) is 19.9 Å². The molecular weight excluding hydrogens is 318 g/mol. The van der Waals surface area contributed by atoms with Gasteiger partial charge in [0.1, 0.15) is 5.58 Å². The van der Waals surface area contributed by atoms with Gasteiger partial charge in [0.15, 0.2) is 21.0 Å². The molecule has 1 amide bonds. The van der Waals surface area contributed by atoms with Gasteiger partial charge in [0.05, 0.1) is 16.9 Å². The minimum atomic E-state index is -3.08. The van der Waals surface area contributed by atoms with Crippen molar-refractivity contribution in [1.29, 1.82) is 0 Å². The first-order valence-corrected chi connectivity index (χ1v) is 9.14. The van der Waals surface area contributed by atoms with Crippen molar-refractivity contribution in [2.24, 2.45) is 0 Å². The fraction of sp³-hybridized carbons (Fsp3) is 0.375. The van der Waals surface area contributed by atoms with Crippen molar-refractivity contribution < 1.29 is 17.6 Å². The Labute approximate surface area is 133 Å². The molecule has 0 unspecified atom stereocenters.